The van der Waals surface area contributed by atoms with Crippen molar-refractivity contribution in [1.82, 2.24) is 15.1 Å². The topological polar surface area (TPSA) is 55.8 Å². The molecule has 5 heteroatoms. The number of hydrogen-bond acceptors (Lipinski definition) is 3. The molecular formula is C17H33N3O2. The highest BCUT2D eigenvalue weighted by atomic mass is 16.3. The van der Waals surface area contributed by atoms with Crippen molar-refractivity contribution in [3.8, 4) is 0 Å². The number of likely N-dealkylation sites (tertiary alicyclic amines) is 1. The van der Waals surface area contributed by atoms with Crippen molar-refractivity contribution >= 4 is 6.03 Å². The fourth-order valence-electron chi connectivity index (χ4n) is 3.89. The smallest absolute Gasteiger partial charge is 0.317 e. The Bertz CT molecular complexity index is 343. The lowest BCUT2D eigenvalue weighted by atomic mass is 9.89. The summed E-state index contributed by atoms with van der Waals surface area (Å²) in [5.74, 6) is 0.864. The van der Waals surface area contributed by atoms with Crippen molar-refractivity contribution in [2.45, 2.75) is 64.0 Å². The number of carbonyl (C=O) groups is 1. The Morgan fingerprint density at radius 1 is 1.27 bits per heavy atom. The molecule has 1 saturated carbocycles. The van der Waals surface area contributed by atoms with Crippen LogP contribution in [0.1, 0.15) is 51.9 Å². The van der Waals surface area contributed by atoms with Gasteiger partial charge in [-0.05, 0) is 45.1 Å². The summed E-state index contributed by atoms with van der Waals surface area (Å²) in [4.78, 5) is 16.2. The molecule has 0 spiro atoms. The number of nitrogens with zero attached hydrogens (tertiary/aromatic N) is 2. The zero-order chi connectivity index (χ0) is 15.9. The molecule has 1 aliphatic heterocycles. The van der Waals surface area contributed by atoms with Crippen molar-refractivity contribution < 1.29 is 9.90 Å². The zero-order valence-corrected chi connectivity index (χ0v) is 14.3. The van der Waals surface area contributed by atoms with E-state index in [1.807, 2.05) is 0 Å². The highest BCUT2D eigenvalue weighted by Crippen LogP contribution is 2.27. The van der Waals surface area contributed by atoms with Crippen molar-refractivity contribution in [2.24, 2.45) is 5.92 Å². The van der Waals surface area contributed by atoms with Gasteiger partial charge in [0.25, 0.3) is 0 Å². The first-order chi connectivity index (χ1) is 10.6. The highest BCUT2D eigenvalue weighted by molar-refractivity contribution is 5.73. The minimum Gasteiger partial charge on any atom is -0.392 e. The van der Waals surface area contributed by atoms with Crippen LogP contribution in [0, 0.1) is 5.92 Å². The maximum Gasteiger partial charge on any atom is 0.317 e. The molecule has 5 nitrogen and oxygen atoms in total. The number of urea groups is 1. The van der Waals surface area contributed by atoms with Gasteiger partial charge in [-0.3, -0.25) is 4.90 Å². The molecule has 2 aliphatic rings. The van der Waals surface area contributed by atoms with Crippen LogP contribution in [0.4, 0.5) is 4.79 Å². The molecule has 2 atom stereocenters. The molecule has 1 heterocycles. The van der Waals surface area contributed by atoms with E-state index in [1.54, 1.807) is 18.9 Å². The summed E-state index contributed by atoms with van der Waals surface area (Å²) >= 11 is 0. The Morgan fingerprint density at radius 3 is 2.68 bits per heavy atom. The lowest BCUT2D eigenvalue weighted by Gasteiger charge is -2.31. The molecule has 22 heavy (non-hydrogen) atoms. The predicted octanol–water partition coefficient (Wildman–Crippen LogP) is 2.05. The van der Waals surface area contributed by atoms with Gasteiger partial charge in [0.2, 0.25) is 0 Å². The van der Waals surface area contributed by atoms with E-state index in [4.69, 9.17) is 0 Å². The first-order valence-corrected chi connectivity index (χ1v) is 8.97. The average Bonchev–Trinajstić information content (AvgIpc) is 2.92. The second-order valence-corrected chi connectivity index (χ2v) is 7.21. The van der Waals surface area contributed by atoms with Crippen LogP contribution in [-0.2, 0) is 0 Å². The molecule has 0 aromatic carbocycles. The number of rotatable bonds is 6. The lowest BCUT2D eigenvalue weighted by Crippen LogP contribution is -2.46. The molecule has 2 amide bonds. The quantitative estimate of drug-likeness (QED) is 0.789. The summed E-state index contributed by atoms with van der Waals surface area (Å²) < 4.78 is 0. The fraction of sp³-hybridized carbons (Fsp3) is 0.941. The van der Waals surface area contributed by atoms with Gasteiger partial charge >= 0.3 is 6.03 Å². The highest BCUT2D eigenvalue weighted by Gasteiger charge is 2.27. The van der Waals surface area contributed by atoms with Crippen molar-refractivity contribution in [3.63, 3.8) is 0 Å². The van der Waals surface area contributed by atoms with Crippen LogP contribution in [-0.4, -0.2) is 66.3 Å². The van der Waals surface area contributed by atoms with Crippen LogP contribution < -0.4 is 5.32 Å². The maximum absolute atomic E-state index is 12.0. The predicted molar refractivity (Wildman–Crippen MR) is 88.9 cm³/mol. The van der Waals surface area contributed by atoms with Gasteiger partial charge in [-0.1, -0.05) is 19.3 Å². The lowest BCUT2D eigenvalue weighted by molar-refractivity contribution is 0.141. The number of nitrogens with one attached hydrogen (secondary N) is 1. The largest absolute Gasteiger partial charge is 0.392 e. The van der Waals surface area contributed by atoms with E-state index in [1.165, 1.54) is 58.0 Å². The fourth-order valence-corrected chi connectivity index (χ4v) is 3.89. The van der Waals surface area contributed by atoms with E-state index < -0.39 is 6.10 Å². The van der Waals surface area contributed by atoms with Gasteiger partial charge in [-0.25, -0.2) is 4.79 Å². The number of carbonyl (C=O) groups excluding carboxylic acids is 1. The number of hydrogen-bond donors (Lipinski definition) is 2. The first-order valence-electron chi connectivity index (χ1n) is 8.97. The Morgan fingerprint density at radius 2 is 2.00 bits per heavy atom. The number of amides is 2. The second-order valence-electron chi connectivity index (χ2n) is 7.21. The van der Waals surface area contributed by atoms with Crippen LogP contribution in [0.25, 0.3) is 0 Å². The molecule has 2 unspecified atom stereocenters. The molecule has 0 bridgehead atoms. The third kappa shape index (κ3) is 5.43. The van der Waals surface area contributed by atoms with Crippen LogP contribution in [0.3, 0.4) is 0 Å². The Kier molecular flexibility index (Phi) is 6.96. The van der Waals surface area contributed by atoms with Crippen LogP contribution in [0.2, 0.25) is 0 Å². The van der Waals surface area contributed by atoms with E-state index in [0.717, 1.165) is 12.5 Å². The van der Waals surface area contributed by atoms with Gasteiger partial charge in [-0.15, -0.1) is 0 Å². The SMILES string of the molecule is CC(O)CN(C)C(=O)NCC1CCCN1CC1CCCCC1. The molecule has 0 radical (unpaired) electrons. The molecule has 1 aliphatic carbocycles. The monoisotopic (exact) mass is 311 g/mol. The third-order valence-electron chi connectivity index (χ3n) is 5.09. The summed E-state index contributed by atoms with van der Waals surface area (Å²) in [5, 5.41) is 12.4. The number of aliphatic hydroxyl groups is 1. The normalized spacial score (nSPS) is 25.1. The van der Waals surface area contributed by atoms with E-state index in [-0.39, 0.29) is 6.03 Å². The summed E-state index contributed by atoms with van der Waals surface area (Å²) in [7, 11) is 1.73. The van der Waals surface area contributed by atoms with Gasteiger partial charge in [0, 0.05) is 32.7 Å². The molecule has 128 valence electrons. The van der Waals surface area contributed by atoms with E-state index >= 15 is 0 Å². The van der Waals surface area contributed by atoms with Crippen molar-refractivity contribution in [2.75, 3.05) is 33.2 Å². The van der Waals surface area contributed by atoms with Crippen molar-refractivity contribution in [1.29, 1.82) is 0 Å². The summed E-state index contributed by atoms with van der Waals surface area (Å²) in [6, 6.07) is 0.413. The zero-order valence-electron chi connectivity index (χ0n) is 14.3. The number of likely N-dealkylation sites (N-methyl/N-ethyl adjacent to an activating group) is 1. The summed E-state index contributed by atoms with van der Waals surface area (Å²) in [6.07, 6.45) is 8.91. The Hall–Kier alpha value is -0.810. The molecule has 2 fully saturated rings. The first kappa shape index (κ1) is 17.5. The molecule has 1 saturated heterocycles. The Labute approximate surface area is 135 Å². The van der Waals surface area contributed by atoms with E-state index in [0.29, 0.717) is 12.6 Å². The number of aliphatic hydroxyl groups excluding tert-OH is 1. The maximum atomic E-state index is 12.0. The minimum atomic E-state index is -0.481. The summed E-state index contributed by atoms with van der Waals surface area (Å²) in [6.45, 7) is 5.20. The van der Waals surface area contributed by atoms with Gasteiger partial charge in [0.1, 0.15) is 0 Å². The standard InChI is InChI=1S/C17H33N3O2/c1-14(21)12-19(2)17(22)18-11-16-9-6-10-20(16)13-15-7-4-3-5-8-15/h14-16,21H,3-13H2,1-2H3,(H,18,22). The molecular weight excluding hydrogens is 278 g/mol. The molecule has 0 aromatic rings. The van der Waals surface area contributed by atoms with Crippen LogP contribution >= 0.6 is 0 Å². The van der Waals surface area contributed by atoms with Gasteiger partial charge in [-0.2, -0.15) is 0 Å². The van der Waals surface area contributed by atoms with Crippen LogP contribution in [0.15, 0.2) is 0 Å². The van der Waals surface area contributed by atoms with E-state index in [2.05, 4.69) is 10.2 Å². The third-order valence-corrected chi connectivity index (χ3v) is 5.09. The average molecular weight is 311 g/mol. The van der Waals surface area contributed by atoms with Crippen molar-refractivity contribution in [3.05, 3.63) is 0 Å². The van der Waals surface area contributed by atoms with Gasteiger partial charge < -0.3 is 15.3 Å². The second kappa shape index (κ2) is 8.73. The van der Waals surface area contributed by atoms with Gasteiger partial charge in [0.05, 0.1) is 6.10 Å². The molecule has 2 rings (SSSR count). The van der Waals surface area contributed by atoms with Crippen LogP contribution in [0.5, 0.6) is 0 Å². The Balaban J connectivity index is 1.72. The van der Waals surface area contributed by atoms with Gasteiger partial charge in [0.15, 0.2) is 0 Å². The summed E-state index contributed by atoms with van der Waals surface area (Å²) in [5.41, 5.74) is 0. The van der Waals surface area contributed by atoms with E-state index in [9.17, 15) is 9.90 Å². The molecule has 0 aromatic heterocycles. The molecule has 2 N–H and O–H groups in total. The minimum absolute atomic E-state index is 0.0783.